The largest absolute Gasteiger partial charge is 0.462 e. The molecule has 0 radical (unpaired) electrons. The summed E-state index contributed by atoms with van der Waals surface area (Å²) in [7, 11) is 0. The van der Waals surface area contributed by atoms with Crippen molar-refractivity contribution in [3.8, 4) is 0 Å². The monoisotopic (exact) mass is 295 g/mol. The molecule has 0 atom stereocenters. The van der Waals surface area contributed by atoms with E-state index in [0.29, 0.717) is 16.6 Å². The van der Waals surface area contributed by atoms with E-state index < -0.39 is 11.8 Å². The van der Waals surface area contributed by atoms with Gasteiger partial charge in [-0.15, -0.1) is 0 Å². The Labute approximate surface area is 121 Å². The molecule has 2 aromatic rings. The molecule has 5 heteroatoms. The molecule has 0 spiro atoms. The van der Waals surface area contributed by atoms with Crippen LogP contribution < -0.4 is 0 Å². The second-order valence-electron chi connectivity index (χ2n) is 4.72. The molecular formula is C15H15ClFNO2. The Hall–Kier alpha value is -1.68. The average molecular weight is 296 g/mol. The number of nitrogens with zero attached hydrogens (tertiary/aromatic N) is 1. The number of rotatable bonds is 3. The summed E-state index contributed by atoms with van der Waals surface area (Å²) >= 11 is 6.29. The third-order valence-corrected chi connectivity index (χ3v) is 3.33. The molecule has 20 heavy (non-hydrogen) atoms. The molecule has 0 amide bonds. The fourth-order valence-electron chi connectivity index (χ4n) is 2.03. The molecule has 0 unspecified atom stereocenters. The summed E-state index contributed by atoms with van der Waals surface area (Å²) in [5.74, 6) is -0.950. The lowest BCUT2D eigenvalue weighted by atomic mass is 10.0. The zero-order valence-electron chi connectivity index (χ0n) is 11.5. The molecule has 0 N–H and O–H groups in total. The number of ether oxygens (including phenoxy) is 1. The van der Waals surface area contributed by atoms with Crippen molar-refractivity contribution in [3.63, 3.8) is 0 Å². The van der Waals surface area contributed by atoms with E-state index in [4.69, 9.17) is 16.3 Å². The molecule has 3 nitrogen and oxygen atoms in total. The summed E-state index contributed by atoms with van der Waals surface area (Å²) in [6.45, 7) is 5.79. The molecule has 0 bridgehead atoms. The van der Waals surface area contributed by atoms with Gasteiger partial charge in [-0.25, -0.2) is 9.18 Å². The highest BCUT2D eigenvalue weighted by atomic mass is 35.5. The Bertz CT molecular complexity index is 670. The van der Waals surface area contributed by atoms with Gasteiger partial charge >= 0.3 is 5.97 Å². The van der Waals surface area contributed by atoms with Crippen LogP contribution in [0.5, 0.6) is 0 Å². The molecule has 0 aliphatic rings. The first-order chi connectivity index (χ1) is 9.45. The molecule has 2 rings (SSSR count). The van der Waals surface area contributed by atoms with Gasteiger partial charge in [0.05, 0.1) is 22.8 Å². The highest BCUT2D eigenvalue weighted by Gasteiger charge is 2.23. The zero-order valence-corrected chi connectivity index (χ0v) is 12.3. The second kappa shape index (κ2) is 5.75. The van der Waals surface area contributed by atoms with Crippen LogP contribution in [0.2, 0.25) is 5.02 Å². The molecule has 1 heterocycles. The quantitative estimate of drug-likeness (QED) is 0.791. The fraction of sp³-hybridized carbons (Fsp3) is 0.333. The van der Waals surface area contributed by atoms with Gasteiger partial charge in [-0.2, -0.15) is 0 Å². The summed E-state index contributed by atoms with van der Waals surface area (Å²) in [6.07, 6.45) is 0. The summed E-state index contributed by atoms with van der Waals surface area (Å²) in [4.78, 5) is 16.5. The van der Waals surface area contributed by atoms with Gasteiger partial charge in [0.2, 0.25) is 0 Å². The van der Waals surface area contributed by atoms with Crippen LogP contribution in [0.1, 0.15) is 42.7 Å². The van der Waals surface area contributed by atoms with Crippen molar-refractivity contribution in [3.05, 3.63) is 40.3 Å². The van der Waals surface area contributed by atoms with Crippen LogP contribution in [0.25, 0.3) is 10.9 Å². The van der Waals surface area contributed by atoms with Crippen molar-refractivity contribution in [2.75, 3.05) is 6.61 Å². The Kier molecular flexibility index (Phi) is 4.23. The second-order valence-corrected chi connectivity index (χ2v) is 5.10. The molecule has 0 fully saturated rings. The number of carbonyl (C=O) groups is 1. The molecule has 106 valence electrons. The number of esters is 1. The van der Waals surface area contributed by atoms with Crippen molar-refractivity contribution in [1.82, 2.24) is 4.98 Å². The number of halogens is 2. The lowest BCUT2D eigenvalue weighted by Crippen LogP contribution is -2.12. The van der Waals surface area contributed by atoms with E-state index in [1.165, 1.54) is 12.1 Å². The number of fused-ring (bicyclic) bond motifs is 1. The highest BCUT2D eigenvalue weighted by molar-refractivity contribution is 6.38. The van der Waals surface area contributed by atoms with Gasteiger partial charge in [0.1, 0.15) is 11.4 Å². The zero-order chi connectivity index (χ0) is 14.9. The topological polar surface area (TPSA) is 39.2 Å². The summed E-state index contributed by atoms with van der Waals surface area (Å²) < 4.78 is 18.4. The highest BCUT2D eigenvalue weighted by Crippen LogP contribution is 2.32. The summed E-state index contributed by atoms with van der Waals surface area (Å²) in [5, 5.41) is 0.607. The summed E-state index contributed by atoms with van der Waals surface area (Å²) in [6, 6.07) is 4.15. The van der Waals surface area contributed by atoms with Gasteiger partial charge in [-0.1, -0.05) is 25.4 Å². The number of carbonyl (C=O) groups excluding carboxylic acids is 1. The van der Waals surface area contributed by atoms with E-state index in [1.807, 2.05) is 13.8 Å². The number of hydrogen-bond acceptors (Lipinski definition) is 3. The van der Waals surface area contributed by atoms with Gasteiger partial charge in [-0.3, -0.25) is 4.98 Å². The lowest BCUT2D eigenvalue weighted by molar-refractivity contribution is 0.0524. The maximum atomic E-state index is 13.4. The van der Waals surface area contributed by atoms with E-state index >= 15 is 0 Å². The predicted molar refractivity (Wildman–Crippen MR) is 76.8 cm³/mol. The third kappa shape index (κ3) is 2.61. The van der Waals surface area contributed by atoms with Crippen molar-refractivity contribution in [2.45, 2.75) is 26.7 Å². The number of benzene rings is 1. The number of pyridine rings is 1. The van der Waals surface area contributed by atoms with E-state index in [0.717, 1.165) is 0 Å². The first-order valence-corrected chi connectivity index (χ1v) is 6.79. The number of hydrogen-bond donors (Lipinski definition) is 0. The maximum absolute atomic E-state index is 13.4. The van der Waals surface area contributed by atoms with Crippen LogP contribution in [0.4, 0.5) is 4.39 Å². The maximum Gasteiger partial charge on any atom is 0.341 e. The Morgan fingerprint density at radius 3 is 2.75 bits per heavy atom. The molecule has 0 saturated carbocycles. The van der Waals surface area contributed by atoms with E-state index in [1.54, 1.807) is 13.0 Å². The predicted octanol–water partition coefficient (Wildman–Crippen LogP) is 4.33. The van der Waals surface area contributed by atoms with Gasteiger partial charge in [0, 0.05) is 5.39 Å². The van der Waals surface area contributed by atoms with Crippen LogP contribution >= 0.6 is 11.6 Å². The molecule has 1 aromatic heterocycles. The molecule has 0 aliphatic heterocycles. The minimum atomic E-state index is -0.528. The first-order valence-electron chi connectivity index (χ1n) is 6.41. The van der Waals surface area contributed by atoms with Crippen molar-refractivity contribution >= 4 is 28.5 Å². The van der Waals surface area contributed by atoms with Crippen LogP contribution in [0.3, 0.4) is 0 Å². The normalized spacial score (nSPS) is 11.1. The Balaban J connectivity index is 2.78. The third-order valence-electron chi connectivity index (χ3n) is 2.94. The molecule has 1 aromatic carbocycles. The lowest BCUT2D eigenvalue weighted by Gasteiger charge is -2.14. The minimum absolute atomic E-state index is 0.00126. The van der Waals surface area contributed by atoms with E-state index in [-0.39, 0.29) is 23.1 Å². The van der Waals surface area contributed by atoms with Crippen LogP contribution in [0, 0.1) is 5.82 Å². The van der Waals surface area contributed by atoms with Crippen molar-refractivity contribution in [1.29, 1.82) is 0 Å². The number of aromatic nitrogens is 1. The fourth-order valence-corrected chi connectivity index (χ4v) is 2.35. The molecular weight excluding hydrogens is 281 g/mol. The van der Waals surface area contributed by atoms with Gasteiger partial charge in [-0.05, 0) is 31.0 Å². The Morgan fingerprint density at radius 2 is 2.15 bits per heavy atom. The van der Waals surface area contributed by atoms with Gasteiger partial charge in [0.15, 0.2) is 0 Å². The summed E-state index contributed by atoms with van der Waals surface area (Å²) in [5.41, 5.74) is 1.35. The average Bonchev–Trinajstić information content (AvgIpc) is 2.39. The molecule has 0 saturated heterocycles. The SMILES string of the molecule is CCOC(=O)c1c(C(C)C)nc2ccc(F)cc2c1Cl. The van der Waals surface area contributed by atoms with Crippen LogP contribution in [-0.2, 0) is 4.74 Å². The standard InChI is InChI=1S/C15H15ClFNO2/c1-4-20-15(19)12-13(16)10-7-9(17)5-6-11(10)18-14(12)8(2)3/h5-8H,4H2,1-3H3. The van der Waals surface area contributed by atoms with Gasteiger partial charge in [0.25, 0.3) is 0 Å². The van der Waals surface area contributed by atoms with Gasteiger partial charge < -0.3 is 4.74 Å². The van der Waals surface area contributed by atoms with Crippen molar-refractivity contribution in [2.24, 2.45) is 0 Å². The molecule has 0 aliphatic carbocycles. The first kappa shape index (κ1) is 14.7. The van der Waals surface area contributed by atoms with E-state index in [2.05, 4.69) is 4.98 Å². The smallest absolute Gasteiger partial charge is 0.341 e. The van der Waals surface area contributed by atoms with Crippen LogP contribution in [0.15, 0.2) is 18.2 Å². The van der Waals surface area contributed by atoms with Crippen LogP contribution in [-0.4, -0.2) is 17.6 Å². The van der Waals surface area contributed by atoms with E-state index in [9.17, 15) is 9.18 Å². The van der Waals surface area contributed by atoms with Crippen molar-refractivity contribution < 1.29 is 13.9 Å². The minimum Gasteiger partial charge on any atom is -0.462 e. The Morgan fingerprint density at radius 1 is 1.45 bits per heavy atom.